The maximum atomic E-state index is 5.90. The van der Waals surface area contributed by atoms with Crippen LogP contribution in [0.1, 0.15) is 29.5 Å². The predicted molar refractivity (Wildman–Crippen MR) is 72.1 cm³/mol. The van der Waals surface area contributed by atoms with E-state index < -0.39 is 0 Å². The molecule has 2 aliphatic rings. The summed E-state index contributed by atoms with van der Waals surface area (Å²) >= 11 is 0. The van der Waals surface area contributed by atoms with Crippen molar-refractivity contribution >= 4 is 0 Å². The van der Waals surface area contributed by atoms with E-state index in [1.165, 1.54) is 23.2 Å². The van der Waals surface area contributed by atoms with E-state index in [2.05, 4.69) is 23.2 Å². The van der Waals surface area contributed by atoms with Gasteiger partial charge in [-0.1, -0.05) is 24.3 Å². The third-order valence-electron chi connectivity index (χ3n) is 3.95. The van der Waals surface area contributed by atoms with Crippen LogP contribution in [0.5, 0.6) is 5.88 Å². The minimum Gasteiger partial charge on any atom is -0.443 e. The van der Waals surface area contributed by atoms with Crippen molar-refractivity contribution < 1.29 is 9.47 Å². The topological polar surface area (TPSA) is 31.4 Å². The van der Waals surface area contributed by atoms with Gasteiger partial charge in [-0.3, -0.25) is 0 Å². The van der Waals surface area contributed by atoms with Crippen LogP contribution in [0.15, 0.2) is 30.3 Å². The molecule has 96 valence electrons. The molecule has 0 saturated heterocycles. The van der Waals surface area contributed by atoms with Crippen molar-refractivity contribution in [3.05, 3.63) is 47.2 Å². The molecule has 1 aliphatic carbocycles. The maximum Gasteiger partial charge on any atom is 0.228 e. The lowest BCUT2D eigenvalue weighted by Crippen LogP contribution is -2.17. The molecule has 1 aliphatic heterocycles. The number of rotatable bonds is 1. The average Bonchev–Trinajstić information content (AvgIpc) is 2.91. The first-order chi connectivity index (χ1) is 9.36. The van der Waals surface area contributed by atoms with Gasteiger partial charge in [0.25, 0.3) is 0 Å². The lowest BCUT2D eigenvalue weighted by atomic mass is 9.96. The van der Waals surface area contributed by atoms with Crippen molar-refractivity contribution in [1.29, 1.82) is 0 Å². The first kappa shape index (κ1) is 11.0. The van der Waals surface area contributed by atoms with Crippen LogP contribution in [0.25, 0.3) is 11.1 Å². The normalized spacial score (nSPS) is 19.3. The molecule has 0 radical (unpaired) electrons. The summed E-state index contributed by atoms with van der Waals surface area (Å²) in [6.45, 7) is 0. The summed E-state index contributed by atoms with van der Waals surface area (Å²) in [6.07, 6.45) is 3.03. The molecule has 4 rings (SSSR count). The number of fused-ring (bicyclic) bond motifs is 4. The Kier molecular flexibility index (Phi) is 2.35. The first-order valence-corrected chi connectivity index (χ1v) is 6.68. The molecule has 0 fully saturated rings. The number of methoxy groups -OCH3 is 1. The Morgan fingerprint density at radius 1 is 1.21 bits per heavy atom. The summed E-state index contributed by atoms with van der Waals surface area (Å²) < 4.78 is 11.3. The molecule has 1 atom stereocenters. The van der Waals surface area contributed by atoms with Gasteiger partial charge in [0.15, 0.2) is 0 Å². The fourth-order valence-corrected chi connectivity index (χ4v) is 3.02. The second-order valence-electron chi connectivity index (χ2n) is 5.07. The lowest BCUT2D eigenvalue weighted by Gasteiger charge is -2.27. The van der Waals surface area contributed by atoms with E-state index in [1.807, 2.05) is 12.1 Å². The van der Waals surface area contributed by atoms with Crippen LogP contribution in [0.4, 0.5) is 0 Å². The Morgan fingerprint density at radius 3 is 3.00 bits per heavy atom. The van der Waals surface area contributed by atoms with Gasteiger partial charge in [-0.15, -0.1) is 0 Å². The molecule has 0 amide bonds. The van der Waals surface area contributed by atoms with Crippen molar-refractivity contribution in [2.75, 3.05) is 7.11 Å². The quantitative estimate of drug-likeness (QED) is 0.781. The van der Waals surface area contributed by atoms with Gasteiger partial charge >= 0.3 is 0 Å². The maximum absolute atomic E-state index is 5.90. The minimum atomic E-state index is -0.351. The molecule has 1 aromatic heterocycles. The molecule has 1 aromatic carbocycles. The van der Waals surface area contributed by atoms with Crippen molar-refractivity contribution in [1.82, 2.24) is 4.98 Å². The highest BCUT2D eigenvalue weighted by Gasteiger charge is 2.28. The molecule has 2 aromatic rings. The monoisotopic (exact) mass is 253 g/mol. The second kappa shape index (κ2) is 4.07. The van der Waals surface area contributed by atoms with Gasteiger partial charge in [-0.05, 0) is 36.5 Å². The number of benzene rings is 1. The fraction of sp³-hybridized carbons (Fsp3) is 0.312. The Balaban J connectivity index is 1.95. The number of aryl methyl sites for hydroxylation is 2. The number of nitrogens with zero attached hydrogens (tertiary/aromatic N) is 1. The van der Waals surface area contributed by atoms with E-state index in [-0.39, 0.29) is 6.29 Å². The van der Waals surface area contributed by atoms with Crippen LogP contribution in [0, 0.1) is 0 Å². The zero-order valence-corrected chi connectivity index (χ0v) is 10.8. The van der Waals surface area contributed by atoms with Gasteiger partial charge in [0.05, 0.1) is 0 Å². The van der Waals surface area contributed by atoms with E-state index in [9.17, 15) is 0 Å². The summed E-state index contributed by atoms with van der Waals surface area (Å²) in [5.41, 5.74) is 5.92. The molecule has 0 spiro atoms. The standard InChI is InChI=1S/C16H15NO2/c1-18-16-12-7-3-2-6-11(12)13-9-10-5-4-8-14(10)17-15(13)19-16/h2-3,6-7,9,16H,4-5,8H2,1H3. The molecule has 3 heteroatoms. The van der Waals surface area contributed by atoms with Gasteiger partial charge in [-0.2, -0.15) is 0 Å². The van der Waals surface area contributed by atoms with Crippen LogP contribution in [-0.4, -0.2) is 12.1 Å². The number of ether oxygens (including phenoxy) is 2. The van der Waals surface area contributed by atoms with Crippen LogP contribution >= 0.6 is 0 Å². The summed E-state index contributed by atoms with van der Waals surface area (Å²) in [5, 5.41) is 0. The van der Waals surface area contributed by atoms with Crippen LogP contribution < -0.4 is 4.74 Å². The largest absolute Gasteiger partial charge is 0.443 e. The van der Waals surface area contributed by atoms with Gasteiger partial charge in [0.1, 0.15) is 0 Å². The Hall–Kier alpha value is -1.87. The van der Waals surface area contributed by atoms with E-state index in [4.69, 9.17) is 9.47 Å². The zero-order valence-electron chi connectivity index (χ0n) is 10.8. The third kappa shape index (κ3) is 1.58. The minimum absolute atomic E-state index is 0.351. The van der Waals surface area contributed by atoms with Crippen LogP contribution in [0.2, 0.25) is 0 Å². The van der Waals surface area contributed by atoms with Crippen LogP contribution in [-0.2, 0) is 17.6 Å². The van der Waals surface area contributed by atoms with E-state index in [1.54, 1.807) is 7.11 Å². The number of pyridine rings is 1. The van der Waals surface area contributed by atoms with E-state index in [0.29, 0.717) is 5.88 Å². The highest BCUT2D eigenvalue weighted by atomic mass is 16.7. The highest BCUT2D eigenvalue weighted by Crippen LogP contribution is 2.43. The number of hydrogen-bond acceptors (Lipinski definition) is 3. The van der Waals surface area contributed by atoms with Crippen molar-refractivity contribution in [3.8, 4) is 17.0 Å². The third-order valence-corrected chi connectivity index (χ3v) is 3.95. The first-order valence-electron chi connectivity index (χ1n) is 6.68. The van der Waals surface area contributed by atoms with Gasteiger partial charge in [0, 0.05) is 23.9 Å². The summed E-state index contributed by atoms with van der Waals surface area (Å²) in [6, 6.07) is 10.5. The molecule has 3 nitrogen and oxygen atoms in total. The Labute approximate surface area is 112 Å². The predicted octanol–water partition coefficient (Wildman–Crippen LogP) is 3.27. The molecular weight excluding hydrogens is 238 g/mol. The number of hydrogen-bond donors (Lipinski definition) is 0. The number of aromatic nitrogens is 1. The summed E-state index contributed by atoms with van der Waals surface area (Å²) in [4.78, 5) is 4.69. The van der Waals surface area contributed by atoms with Gasteiger partial charge in [-0.25, -0.2) is 4.98 Å². The van der Waals surface area contributed by atoms with Crippen molar-refractivity contribution in [3.63, 3.8) is 0 Å². The average molecular weight is 253 g/mol. The summed E-state index contributed by atoms with van der Waals surface area (Å²) in [5.74, 6) is 0.714. The Bertz CT molecular complexity index is 651. The second-order valence-corrected chi connectivity index (χ2v) is 5.07. The van der Waals surface area contributed by atoms with E-state index >= 15 is 0 Å². The molecule has 2 heterocycles. The molecular formula is C16H15NO2. The lowest BCUT2D eigenvalue weighted by molar-refractivity contribution is -0.0606. The smallest absolute Gasteiger partial charge is 0.228 e. The molecule has 1 unspecified atom stereocenters. The fourth-order valence-electron chi connectivity index (χ4n) is 3.02. The summed E-state index contributed by atoms with van der Waals surface area (Å²) in [7, 11) is 1.67. The van der Waals surface area contributed by atoms with Crippen molar-refractivity contribution in [2.24, 2.45) is 0 Å². The molecule has 0 saturated carbocycles. The highest BCUT2D eigenvalue weighted by molar-refractivity contribution is 5.75. The SMILES string of the molecule is COC1Oc2nc3c(cc2-c2ccccc21)CCC3. The molecule has 19 heavy (non-hydrogen) atoms. The zero-order chi connectivity index (χ0) is 12.8. The molecule has 0 N–H and O–H groups in total. The molecule has 0 bridgehead atoms. The Morgan fingerprint density at radius 2 is 2.11 bits per heavy atom. The van der Waals surface area contributed by atoms with Gasteiger partial charge < -0.3 is 9.47 Å². The van der Waals surface area contributed by atoms with E-state index in [0.717, 1.165) is 24.0 Å². The van der Waals surface area contributed by atoms with Gasteiger partial charge in [0.2, 0.25) is 12.2 Å². The van der Waals surface area contributed by atoms with Crippen molar-refractivity contribution in [2.45, 2.75) is 25.6 Å². The van der Waals surface area contributed by atoms with Crippen LogP contribution in [0.3, 0.4) is 0 Å².